The van der Waals surface area contributed by atoms with Gasteiger partial charge in [-0.1, -0.05) is 32.0 Å². The molecule has 0 spiro atoms. The topological polar surface area (TPSA) is 65.4 Å². The first-order chi connectivity index (χ1) is 13.5. The van der Waals surface area contributed by atoms with Gasteiger partial charge in [-0.2, -0.15) is 5.10 Å². The van der Waals surface area contributed by atoms with Gasteiger partial charge in [0.2, 0.25) is 0 Å². The van der Waals surface area contributed by atoms with Crippen molar-refractivity contribution in [1.29, 1.82) is 0 Å². The van der Waals surface area contributed by atoms with E-state index in [1.165, 1.54) is 0 Å². The monoisotopic (exact) mass is 379 g/mol. The molecule has 3 rings (SSSR count). The maximum atomic E-state index is 12.9. The molecule has 6 heteroatoms. The van der Waals surface area contributed by atoms with Gasteiger partial charge in [0.05, 0.1) is 25.5 Å². The van der Waals surface area contributed by atoms with Crippen LogP contribution in [0.2, 0.25) is 0 Å². The van der Waals surface area contributed by atoms with Crippen molar-refractivity contribution in [2.45, 2.75) is 13.8 Å². The van der Waals surface area contributed by atoms with Crippen LogP contribution >= 0.6 is 0 Å². The first kappa shape index (κ1) is 19.5. The lowest BCUT2D eigenvalue weighted by atomic mass is 10.1. The maximum absolute atomic E-state index is 12.9. The molecule has 1 aromatic heterocycles. The number of carbonyl (C=O) groups excluding carboxylic acids is 1. The minimum Gasteiger partial charge on any atom is -0.497 e. The van der Waals surface area contributed by atoms with E-state index in [4.69, 9.17) is 14.6 Å². The Bertz CT molecular complexity index is 949. The molecule has 0 aliphatic heterocycles. The van der Waals surface area contributed by atoms with Crippen LogP contribution in [0, 0.1) is 5.92 Å². The van der Waals surface area contributed by atoms with Crippen LogP contribution in [-0.4, -0.2) is 36.5 Å². The average molecular weight is 379 g/mol. The van der Waals surface area contributed by atoms with Crippen molar-refractivity contribution in [2.24, 2.45) is 5.92 Å². The number of benzene rings is 2. The highest BCUT2D eigenvalue weighted by atomic mass is 16.5. The minimum atomic E-state index is -0.171. The van der Waals surface area contributed by atoms with E-state index < -0.39 is 0 Å². The summed E-state index contributed by atoms with van der Waals surface area (Å²) in [4.78, 5) is 12.9. The number of hydrogen-bond acceptors (Lipinski definition) is 4. The molecule has 0 aliphatic carbocycles. The van der Waals surface area contributed by atoms with Crippen molar-refractivity contribution < 1.29 is 14.3 Å². The number of nitrogens with zero attached hydrogens (tertiary/aromatic N) is 2. The van der Waals surface area contributed by atoms with Gasteiger partial charge in [-0.3, -0.25) is 4.79 Å². The fraction of sp³-hybridized carbons (Fsp3) is 0.273. The van der Waals surface area contributed by atoms with Gasteiger partial charge in [-0.05, 0) is 36.2 Å². The van der Waals surface area contributed by atoms with Gasteiger partial charge in [-0.25, -0.2) is 4.68 Å². The number of carbonyl (C=O) groups is 1. The van der Waals surface area contributed by atoms with Crippen LogP contribution in [0.1, 0.15) is 24.2 Å². The Morgan fingerprint density at radius 1 is 1.11 bits per heavy atom. The molecule has 0 saturated heterocycles. The number of aromatic nitrogens is 2. The number of hydrogen-bond donors (Lipinski definition) is 1. The summed E-state index contributed by atoms with van der Waals surface area (Å²) in [5, 5.41) is 7.68. The first-order valence-electron chi connectivity index (χ1n) is 9.19. The van der Waals surface area contributed by atoms with Gasteiger partial charge < -0.3 is 14.8 Å². The van der Waals surface area contributed by atoms with Gasteiger partial charge in [0.1, 0.15) is 17.2 Å². The molecule has 1 N–H and O–H groups in total. The molecule has 6 nitrogen and oxygen atoms in total. The van der Waals surface area contributed by atoms with Crippen LogP contribution in [0.15, 0.2) is 54.7 Å². The van der Waals surface area contributed by atoms with Crippen LogP contribution in [0.3, 0.4) is 0 Å². The molecule has 0 bridgehead atoms. The predicted molar refractivity (Wildman–Crippen MR) is 109 cm³/mol. The third-order valence-electron chi connectivity index (χ3n) is 4.31. The number of methoxy groups -OCH3 is 2. The first-order valence-corrected chi connectivity index (χ1v) is 9.19. The Labute approximate surface area is 165 Å². The van der Waals surface area contributed by atoms with Gasteiger partial charge in [-0.15, -0.1) is 0 Å². The minimum absolute atomic E-state index is 0.171. The van der Waals surface area contributed by atoms with E-state index in [-0.39, 0.29) is 5.91 Å². The zero-order chi connectivity index (χ0) is 20.1. The highest BCUT2D eigenvalue weighted by molar-refractivity contribution is 6.00. The predicted octanol–water partition coefficient (Wildman–Crippen LogP) is 3.94. The van der Waals surface area contributed by atoms with Crippen molar-refractivity contribution in [3.8, 4) is 28.4 Å². The standard InChI is InChI=1S/C22H25N3O3/c1-15(2)13-23-22(26)19-14-25(16-8-6-5-7-9-16)24-21(19)18-12-17(27-3)10-11-20(18)28-4/h5-12,14-15H,13H2,1-4H3,(H,23,26). The number of nitrogens with one attached hydrogen (secondary N) is 1. The lowest BCUT2D eigenvalue weighted by Crippen LogP contribution is -2.27. The van der Waals surface area contributed by atoms with Crippen LogP contribution in [-0.2, 0) is 0 Å². The van der Waals surface area contributed by atoms with Crippen LogP contribution in [0.5, 0.6) is 11.5 Å². The number of para-hydroxylation sites is 1. The Kier molecular flexibility index (Phi) is 5.99. The molecule has 0 aliphatic rings. The van der Waals surface area contributed by atoms with Crippen molar-refractivity contribution >= 4 is 5.91 Å². The average Bonchev–Trinajstić information content (AvgIpc) is 3.17. The van der Waals surface area contributed by atoms with Crippen LogP contribution in [0.4, 0.5) is 0 Å². The fourth-order valence-electron chi connectivity index (χ4n) is 2.84. The zero-order valence-corrected chi connectivity index (χ0v) is 16.6. The molecule has 146 valence electrons. The fourth-order valence-corrected chi connectivity index (χ4v) is 2.84. The quantitative estimate of drug-likeness (QED) is 0.675. The SMILES string of the molecule is COc1ccc(OC)c(-c2nn(-c3ccccc3)cc2C(=O)NCC(C)C)c1. The van der Waals surface area contributed by atoms with Crippen molar-refractivity contribution in [1.82, 2.24) is 15.1 Å². The Balaban J connectivity index is 2.13. The summed E-state index contributed by atoms with van der Waals surface area (Å²) < 4.78 is 12.6. The molecule has 2 aromatic carbocycles. The van der Waals surface area contributed by atoms with E-state index in [1.807, 2.05) is 48.5 Å². The Morgan fingerprint density at radius 2 is 1.86 bits per heavy atom. The second kappa shape index (κ2) is 8.61. The van der Waals surface area contributed by atoms with Gasteiger partial charge in [0.15, 0.2) is 0 Å². The lowest BCUT2D eigenvalue weighted by molar-refractivity contribution is 0.0949. The van der Waals surface area contributed by atoms with Crippen molar-refractivity contribution in [2.75, 3.05) is 20.8 Å². The molecule has 3 aromatic rings. The highest BCUT2D eigenvalue weighted by Crippen LogP contribution is 2.35. The van der Waals surface area contributed by atoms with Crippen LogP contribution in [0.25, 0.3) is 16.9 Å². The third-order valence-corrected chi connectivity index (χ3v) is 4.31. The number of rotatable bonds is 7. The molecule has 0 atom stereocenters. The number of ether oxygens (including phenoxy) is 2. The molecule has 0 fully saturated rings. The second-order valence-corrected chi connectivity index (χ2v) is 6.84. The van der Waals surface area contributed by atoms with Crippen LogP contribution < -0.4 is 14.8 Å². The molecule has 1 amide bonds. The molecule has 0 saturated carbocycles. The summed E-state index contributed by atoms with van der Waals surface area (Å²) in [5.74, 6) is 1.47. The summed E-state index contributed by atoms with van der Waals surface area (Å²) in [5.41, 5.74) is 2.59. The van der Waals surface area contributed by atoms with E-state index in [0.29, 0.717) is 40.8 Å². The smallest absolute Gasteiger partial charge is 0.255 e. The Hall–Kier alpha value is -3.28. The molecular formula is C22H25N3O3. The molecule has 28 heavy (non-hydrogen) atoms. The Morgan fingerprint density at radius 3 is 2.50 bits per heavy atom. The summed E-state index contributed by atoms with van der Waals surface area (Å²) in [6, 6.07) is 15.1. The highest BCUT2D eigenvalue weighted by Gasteiger charge is 2.22. The summed E-state index contributed by atoms with van der Waals surface area (Å²) in [6.45, 7) is 4.70. The van der Waals surface area contributed by atoms with Crippen molar-refractivity contribution in [3.63, 3.8) is 0 Å². The van der Waals surface area contributed by atoms with E-state index in [1.54, 1.807) is 25.1 Å². The normalized spacial score (nSPS) is 10.8. The van der Waals surface area contributed by atoms with Gasteiger partial charge in [0, 0.05) is 18.3 Å². The van der Waals surface area contributed by atoms with E-state index in [2.05, 4.69) is 19.2 Å². The summed E-state index contributed by atoms with van der Waals surface area (Å²) in [6.07, 6.45) is 1.75. The van der Waals surface area contributed by atoms with E-state index in [0.717, 1.165) is 5.69 Å². The molecular weight excluding hydrogens is 354 g/mol. The summed E-state index contributed by atoms with van der Waals surface area (Å²) in [7, 11) is 3.20. The van der Waals surface area contributed by atoms with Crippen molar-refractivity contribution in [3.05, 3.63) is 60.3 Å². The van der Waals surface area contributed by atoms with E-state index >= 15 is 0 Å². The maximum Gasteiger partial charge on any atom is 0.255 e. The zero-order valence-electron chi connectivity index (χ0n) is 16.6. The molecule has 0 radical (unpaired) electrons. The molecule has 1 heterocycles. The second-order valence-electron chi connectivity index (χ2n) is 6.84. The van der Waals surface area contributed by atoms with E-state index in [9.17, 15) is 4.79 Å². The van der Waals surface area contributed by atoms with Gasteiger partial charge >= 0.3 is 0 Å². The van der Waals surface area contributed by atoms with Gasteiger partial charge in [0.25, 0.3) is 5.91 Å². The molecule has 0 unspecified atom stereocenters. The third kappa shape index (κ3) is 4.17. The number of amides is 1. The lowest BCUT2D eigenvalue weighted by Gasteiger charge is -2.11. The largest absolute Gasteiger partial charge is 0.497 e. The summed E-state index contributed by atoms with van der Waals surface area (Å²) >= 11 is 0.